The Labute approximate surface area is 118 Å². The Balaban J connectivity index is 1.99. The minimum atomic E-state index is 1.06. The van der Waals surface area contributed by atoms with Crippen molar-refractivity contribution in [1.82, 2.24) is 4.98 Å². The molecule has 0 saturated heterocycles. The first kappa shape index (κ1) is 12.4. The molecule has 0 spiro atoms. The molecule has 0 fully saturated rings. The van der Waals surface area contributed by atoms with Crippen molar-refractivity contribution >= 4 is 22.7 Å². The summed E-state index contributed by atoms with van der Waals surface area (Å²) in [6.45, 7) is 4.32. The predicted octanol–water partition coefficient (Wildman–Crippen LogP) is 5.19. The Morgan fingerprint density at radius 2 is 1.84 bits per heavy atom. The number of aryl methyl sites for hydroxylation is 2. The fourth-order valence-electron chi connectivity index (χ4n) is 2.30. The molecule has 1 nitrogen and oxygen atoms in total. The zero-order valence-electron chi connectivity index (χ0n) is 11.2. The molecule has 2 aromatic carbocycles. The fourth-order valence-corrected chi connectivity index (χ4v) is 3.23. The molecule has 2 heteroatoms. The van der Waals surface area contributed by atoms with E-state index in [2.05, 4.69) is 67.5 Å². The summed E-state index contributed by atoms with van der Waals surface area (Å²) in [6, 6.07) is 15.2. The molecule has 1 aromatic heterocycles. The van der Waals surface area contributed by atoms with Crippen molar-refractivity contribution in [2.45, 2.75) is 30.1 Å². The maximum Gasteiger partial charge on any atom is 0.0498 e. The lowest BCUT2D eigenvalue weighted by molar-refractivity contribution is 1.15. The van der Waals surface area contributed by atoms with Crippen molar-refractivity contribution in [1.29, 1.82) is 0 Å². The van der Waals surface area contributed by atoms with Crippen molar-refractivity contribution in [2.75, 3.05) is 0 Å². The second kappa shape index (κ2) is 5.14. The first-order valence-corrected chi connectivity index (χ1v) is 7.43. The minimum absolute atomic E-state index is 1.06. The highest BCUT2D eigenvalue weighted by Crippen LogP contribution is 2.34. The van der Waals surface area contributed by atoms with Crippen LogP contribution in [0.15, 0.2) is 58.5 Å². The Bertz CT molecular complexity index is 695. The molecule has 0 unspecified atom stereocenters. The Kier molecular flexibility index (Phi) is 3.34. The van der Waals surface area contributed by atoms with Crippen molar-refractivity contribution in [3.05, 3.63) is 59.8 Å². The van der Waals surface area contributed by atoms with Gasteiger partial charge < -0.3 is 4.98 Å². The average Bonchev–Trinajstić information content (AvgIpc) is 2.84. The van der Waals surface area contributed by atoms with Gasteiger partial charge in [0.15, 0.2) is 0 Å². The van der Waals surface area contributed by atoms with Gasteiger partial charge in [-0.25, -0.2) is 0 Å². The van der Waals surface area contributed by atoms with E-state index in [-0.39, 0.29) is 0 Å². The topological polar surface area (TPSA) is 15.8 Å². The second-order valence-corrected chi connectivity index (χ2v) is 5.88. The van der Waals surface area contributed by atoms with Gasteiger partial charge in [0.25, 0.3) is 0 Å². The molecular formula is C17H17NS. The number of aromatic amines is 1. The molecule has 1 N–H and O–H groups in total. The van der Waals surface area contributed by atoms with Gasteiger partial charge >= 0.3 is 0 Å². The van der Waals surface area contributed by atoms with E-state index in [4.69, 9.17) is 0 Å². The van der Waals surface area contributed by atoms with Gasteiger partial charge in [0, 0.05) is 26.9 Å². The molecule has 19 heavy (non-hydrogen) atoms. The number of H-pyrrole nitrogens is 1. The molecule has 0 bridgehead atoms. The van der Waals surface area contributed by atoms with Crippen LogP contribution in [0, 0.1) is 6.92 Å². The molecule has 0 aliphatic rings. The van der Waals surface area contributed by atoms with Crippen LogP contribution in [-0.2, 0) is 6.42 Å². The molecule has 0 atom stereocenters. The Morgan fingerprint density at radius 1 is 1.05 bits per heavy atom. The third-order valence-electron chi connectivity index (χ3n) is 3.39. The number of nitrogens with one attached hydrogen (secondary N) is 1. The molecule has 3 rings (SSSR count). The van der Waals surface area contributed by atoms with Crippen molar-refractivity contribution in [3.8, 4) is 0 Å². The van der Waals surface area contributed by atoms with Gasteiger partial charge in [0.2, 0.25) is 0 Å². The van der Waals surface area contributed by atoms with Crippen molar-refractivity contribution in [3.63, 3.8) is 0 Å². The van der Waals surface area contributed by atoms with Crippen LogP contribution in [0.4, 0.5) is 0 Å². The van der Waals surface area contributed by atoms with Crippen LogP contribution in [-0.4, -0.2) is 4.98 Å². The van der Waals surface area contributed by atoms with Crippen LogP contribution in [0.25, 0.3) is 10.9 Å². The maximum atomic E-state index is 3.42. The standard InChI is InChI=1S/C17H17NS/c1-3-13-5-4-6-15-16(11-18-17(13)15)19-14-9-7-12(2)8-10-14/h4-11,18H,3H2,1-2H3. The van der Waals surface area contributed by atoms with E-state index >= 15 is 0 Å². The SMILES string of the molecule is CCc1cccc2c(Sc3ccc(C)cc3)c[nH]c12. The molecule has 0 saturated carbocycles. The van der Waals surface area contributed by atoms with Crippen LogP contribution >= 0.6 is 11.8 Å². The molecule has 0 aliphatic heterocycles. The minimum Gasteiger partial charge on any atom is -0.360 e. The number of fused-ring (bicyclic) bond motifs is 1. The van der Waals surface area contributed by atoms with Crippen LogP contribution < -0.4 is 0 Å². The summed E-state index contributed by atoms with van der Waals surface area (Å²) in [6.07, 6.45) is 3.18. The monoisotopic (exact) mass is 267 g/mol. The largest absolute Gasteiger partial charge is 0.360 e. The van der Waals surface area contributed by atoms with Gasteiger partial charge in [-0.05, 0) is 31.0 Å². The van der Waals surface area contributed by atoms with E-state index in [1.54, 1.807) is 0 Å². The predicted molar refractivity (Wildman–Crippen MR) is 83.0 cm³/mol. The summed E-state index contributed by atoms with van der Waals surface area (Å²) in [7, 11) is 0. The van der Waals surface area contributed by atoms with Crippen LogP contribution in [0.1, 0.15) is 18.1 Å². The van der Waals surface area contributed by atoms with E-state index < -0.39 is 0 Å². The van der Waals surface area contributed by atoms with Gasteiger partial charge in [-0.15, -0.1) is 0 Å². The smallest absolute Gasteiger partial charge is 0.0498 e. The summed E-state index contributed by atoms with van der Waals surface area (Å²) >= 11 is 1.82. The summed E-state index contributed by atoms with van der Waals surface area (Å²) in [5, 5.41) is 1.32. The number of para-hydroxylation sites is 1. The molecule has 3 aromatic rings. The molecule has 1 heterocycles. The molecule has 0 amide bonds. The summed E-state index contributed by atoms with van der Waals surface area (Å²) in [5.74, 6) is 0. The molecule has 0 radical (unpaired) electrons. The Hall–Kier alpha value is -1.67. The first-order valence-electron chi connectivity index (χ1n) is 6.61. The van der Waals surface area contributed by atoms with E-state index in [0.717, 1.165) is 6.42 Å². The van der Waals surface area contributed by atoms with Gasteiger partial charge in [-0.3, -0.25) is 0 Å². The quantitative estimate of drug-likeness (QED) is 0.690. The first-order chi connectivity index (χ1) is 9.28. The van der Waals surface area contributed by atoms with E-state index in [1.807, 2.05) is 11.8 Å². The van der Waals surface area contributed by atoms with Gasteiger partial charge in [-0.1, -0.05) is 54.6 Å². The highest BCUT2D eigenvalue weighted by atomic mass is 32.2. The van der Waals surface area contributed by atoms with E-state index in [9.17, 15) is 0 Å². The second-order valence-electron chi connectivity index (χ2n) is 4.76. The lowest BCUT2D eigenvalue weighted by Gasteiger charge is -2.02. The fraction of sp³-hybridized carbons (Fsp3) is 0.176. The average molecular weight is 267 g/mol. The summed E-state index contributed by atoms with van der Waals surface area (Å²) in [5.41, 5.74) is 3.96. The lowest BCUT2D eigenvalue weighted by Crippen LogP contribution is -1.81. The maximum absolute atomic E-state index is 3.42. The van der Waals surface area contributed by atoms with Gasteiger partial charge in [0.05, 0.1) is 0 Å². The normalized spacial score (nSPS) is 11.1. The van der Waals surface area contributed by atoms with Gasteiger partial charge in [-0.2, -0.15) is 0 Å². The highest BCUT2D eigenvalue weighted by Gasteiger charge is 2.07. The third-order valence-corrected chi connectivity index (χ3v) is 4.46. The zero-order chi connectivity index (χ0) is 13.2. The van der Waals surface area contributed by atoms with Gasteiger partial charge in [0.1, 0.15) is 0 Å². The van der Waals surface area contributed by atoms with Crippen LogP contribution in [0.5, 0.6) is 0 Å². The highest BCUT2D eigenvalue weighted by molar-refractivity contribution is 7.99. The summed E-state index contributed by atoms with van der Waals surface area (Å²) in [4.78, 5) is 6.00. The third kappa shape index (κ3) is 2.41. The number of aromatic nitrogens is 1. The number of benzene rings is 2. The van der Waals surface area contributed by atoms with Crippen molar-refractivity contribution in [2.24, 2.45) is 0 Å². The van der Waals surface area contributed by atoms with E-state index in [0.29, 0.717) is 0 Å². The van der Waals surface area contributed by atoms with Crippen LogP contribution in [0.2, 0.25) is 0 Å². The molecule has 0 aliphatic carbocycles. The van der Waals surface area contributed by atoms with E-state index in [1.165, 1.54) is 31.8 Å². The lowest BCUT2D eigenvalue weighted by atomic mass is 10.1. The Morgan fingerprint density at radius 3 is 2.58 bits per heavy atom. The van der Waals surface area contributed by atoms with Crippen LogP contribution in [0.3, 0.4) is 0 Å². The molecule has 96 valence electrons. The number of hydrogen-bond donors (Lipinski definition) is 1. The van der Waals surface area contributed by atoms with Crippen molar-refractivity contribution < 1.29 is 0 Å². The number of hydrogen-bond acceptors (Lipinski definition) is 1. The zero-order valence-corrected chi connectivity index (χ0v) is 12.1. The molecular weight excluding hydrogens is 250 g/mol. The number of rotatable bonds is 3. The summed E-state index contributed by atoms with van der Waals surface area (Å²) < 4.78 is 0.